The summed E-state index contributed by atoms with van der Waals surface area (Å²) in [4.78, 5) is 0. The van der Waals surface area contributed by atoms with Crippen molar-refractivity contribution in [2.45, 2.75) is 66.7 Å². The van der Waals surface area contributed by atoms with E-state index < -0.39 is 0 Å². The lowest BCUT2D eigenvalue weighted by atomic mass is 9.91. The van der Waals surface area contributed by atoms with E-state index in [1.54, 1.807) is 0 Å². The largest absolute Gasteiger partial charge is 0.212 e. The highest BCUT2D eigenvalue weighted by molar-refractivity contribution is 5.98. The molecule has 0 aromatic heterocycles. The molecule has 0 saturated carbocycles. The SMILES string of the molecule is CCCC[N+](/C(C1=CC=CCC1)=C(\CC)c1ccccc1)=C(/C)c1c(C)cccc1C. The molecule has 162 valence electrons. The number of unbranched alkanes of at least 4 members (excludes halogenated alkanes) is 1. The molecule has 2 aromatic carbocycles. The van der Waals surface area contributed by atoms with Gasteiger partial charge in [0, 0.05) is 30.1 Å². The average Bonchev–Trinajstić information content (AvgIpc) is 2.79. The molecule has 2 aromatic rings. The maximum atomic E-state index is 2.63. The van der Waals surface area contributed by atoms with Crippen LogP contribution in [0.25, 0.3) is 5.57 Å². The molecule has 0 aliphatic heterocycles. The summed E-state index contributed by atoms with van der Waals surface area (Å²) in [6.45, 7) is 12.4. The molecule has 31 heavy (non-hydrogen) atoms. The Morgan fingerprint density at radius 2 is 1.65 bits per heavy atom. The number of benzene rings is 2. The number of nitrogens with zero attached hydrogens (tertiary/aromatic N) is 1. The molecule has 0 spiro atoms. The normalized spacial score (nSPS) is 15.3. The van der Waals surface area contributed by atoms with Gasteiger partial charge in [-0.2, -0.15) is 4.58 Å². The summed E-state index contributed by atoms with van der Waals surface area (Å²) >= 11 is 0. The average molecular weight is 413 g/mol. The Labute approximate surface area is 189 Å². The quantitative estimate of drug-likeness (QED) is 0.305. The predicted molar refractivity (Wildman–Crippen MR) is 136 cm³/mol. The van der Waals surface area contributed by atoms with Crippen molar-refractivity contribution in [1.29, 1.82) is 0 Å². The van der Waals surface area contributed by atoms with Crippen LogP contribution in [0.3, 0.4) is 0 Å². The molecule has 1 aliphatic carbocycles. The van der Waals surface area contributed by atoms with E-state index in [1.807, 2.05) is 0 Å². The van der Waals surface area contributed by atoms with Gasteiger partial charge in [-0.05, 0) is 49.8 Å². The second-order valence-electron chi connectivity index (χ2n) is 8.56. The first-order valence-corrected chi connectivity index (χ1v) is 11.9. The monoisotopic (exact) mass is 412 g/mol. The molecule has 0 heterocycles. The molecular formula is C30H38N+. The zero-order valence-electron chi connectivity index (χ0n) is 20.0. The lowest BCUT2D eigenvalue weighted by molar-refractivity contribution is -0.473. The molecular weight excluding hydrogens is 374 g/mol. The van der Waals surface area contributed by atoms with Crippen LogP contribution in [0.1, 0.15) is 75.1 Å². The summed E-state index contributed by atoms with van der Waals surface area (Å²) in [6, 6.07) is 17.6. The standard InChI is InChI=1S/C30H38N/c1-6-8-22-31(25(5)29-23(3)16-15-17-24(29)4)30(27-20-13-10-14-21-27)28(7-2)26-18-11-9-12-19-26/h9-13,15-20H,6-8,14,21-22H2,1-5H3/q+1/b30-28+,31-25+. The van der Waals surface area contributed by atoms with E-state index in [1.165, 1.54) is 57.7 Å². The fraction of sp³-hybridized carbons (Fsp3) is 0.367. The van der Waals surface area contributed by atoms with Gasteiger partial charge >= 0.3 is 0 Å². The molecule has 0 atom stereocenters. The summed E-state index contributed by atoms with van der Waals surface area (Å²) in [7, 11) is 0. The summed E-state index contributed by atoms with van der Waals surface area (Å²) < 4.78 is 2.63. The van der Waals surface area contributed by atoms with E-state index >= 15 is 0 Å². The maximum absolute atomic E-state index is 2.63. The molecule has 3 rings (SSSR count). The van der Waals surface area contributed by atoms with Crippen LogP contribution in [-0.4, -0.2) is 16.8 Å². The summed E-state index contributed by atoms with van der Waals surface area (Å²) in [5.74, 6) is 0. The smallest absolute Gasteiger partial charge is 0.195 e. The minimum absolute atomic E-state index is 1.02. The first-order valence-electron chi connectivity index (χ1n) is 11.9. The minimum atomic E-state index is 1.02. The highest BCUT2D eigenvalue weighted by Gasteiger charge is 2.27. The molecule has 0 radical (unpaired) electrons. The van der Waals surface area contributed by atoms with Crippen molar-refractivity contribution < 1.29 is 4.58 Å². The Balaban J connectivity index is 2.35. The molecule has 0 saturated heterocycles. The van der Waals surface area contributed by atoms with E-state index in [0.29, 0.717) is 0 Å². The number of hydrogen-bond donors (Lipinski definition) is 0. The second-order valence-corrected chi connectivity index (χ2v) is 8.56. The number of aryl methyl sites for hydroxylation is 2. The van der Waals surface area contributed by atoms with Gasteiger partial charge in [0.05, 0.1) is 0 Å². The fourth-order valence-corrected chi connectivity index (χ4v) is 4.76. The lowest BCUT2D eigenvalue weighted by Gasteiger charge is -2.20. The van der Waals surface area contributed by atoms with Crippen LogP contribution in [0, 0.1) is 13.8 Å². The Morgan fingerprint density at radius 1 is 0.935 bits per heavy atom. The highest BCUT2D eigenvalue weighted by atomic mass is 15.0. The zero-order valence-corrected chi connectivity index (χ0v) is 20.0. The molecule has 1 aliphatic rings. The van der Waals surface area contributed by atoms with Crippen LogP contribution in [0.2, 0.25) is 0 Å². The van der Waals surface area contributed by atoms with Crippen molar-refractivity contribution in [2.75, 3.05) is 6.54 Å². The van der Waals surface area contributed by atoms with Crippen LogP contribution in [0.5, 0.6) is 0 Å². The zero-order chi connectivity index (χ0) is 22.2. The summed E-state index contributed by atoms with van der Waals surface area (Å²) in [5, 5.41) is 0. The van der Waals surface area contributed by atoms with Gasteiger partial charge in [0.2, 0.25) is 5.70 Å². The van der Waals surface area contributed by atoms with Gasteiger partial charge in [-0.1, -0.05) is 87.0 Å². The van der Waals surface area contributed by atoms with Gasteiger partial charge in [-0.15, -0.1) is 0 Å². The molecule has 0 bridgehead atoms. The number of rotatable bonds is 8. The Bertz CT molecular complexity index is 995. The highest BCUT2D eigenvalue weighted by Crippen LogP contribution is 2.32. The fourth-order valence-electron chi connectivity index (χ4n) is 4.76. The van der Waals surface area contributed by atoms with E-state index in [-0.39, 0.29) is 0 Å². The first-order chi connectivity index (χ1) is 15.1. The van der Waals surface area contributed by atoms with Crippen molar-refractivity contribution >= 4 is 11.3 Å². The molecule has 1 nitrogen and oxygen atoms in total. The molecule has 0 unspecified atom stereocenters. The third kappa shape index (κ3) is 5.34. The molecule has 0 fully saturated rings. The second kappa shape index (κ2) is 11.1. The molecule has 0 amide bonds. The predicted octanol–water partition coefficient (Wildman–Crippen LogP) is 8.02. The first kappa shape index (κ1) is 23.0. The van der Waals surface area contributed by atoms with Crippen molar-refractivity contribution in [1.82, 2.24) is 0 Å². The topological polar surface area (TPSA) is 3.01 Å². The lowest BCUT2D eigenvalue weighted by Crippen LogP contribution is -2.25. The summed E-state index contributed by atoms with van der Waals surface area (Å²) in [6.07, 6.45) is 12.5. The van der Waals surface area contributed by atoms with Crippen LogP contribution >= 0.6 is 0 Å². The Morgan fingerprint density at radius 3 is 2.23 bits per heavy atom. The van der Waals surface area contributed by atoms with Crippen molar-refractivity contribution in [3.05, 3.63) is 100 Å². The van der Waals surface area contributed by atoms with E-state index in [0.717, 1.165) is 25.8 Å². The van der Waals surface area contributed by atoms with Gasteiger partial charge < -0.3 is 0 Å². The third-order valence-corrected chi connectivity index (χ3v) is 6.33. The van der Waals surface area contributed by atoms with E-state index in [9.17, 15) is 0 Å². The van der Waals surface area contributed by atoms with Gasteiger partial charge in [-0.25, -0.2) is 0 Å². The number of allylic oxidation sites excluding steroid dienone is 5. The van der Waals surface area contributed by atoms with Crippen molar-refractivity contribution in [3.63, 3.8) is 0 Å². The summed E-state index contributed by atoms with van der Waals surface area (Å²) in [5.41, 5.74) is 11.1. The molecule has 1 heteroatoms. The van der Waals surface area contributed by atoms with E-state index in [4.69, 9.17) is 0 Å². The number of hydrogen-bond acceptors (Lipinski definition) is 0. The van der Waals surface area contributed by atoms with Crippen molar-refractivity contribution in [2.24, 2.45) is 0 Å². The van der Waals surface area contributed by atoms with Crippen molar-refractivity contribution in [3.8, 4) is 0 Å². The Hall–Kier alpha value is -2.67. The third-order valence-electron chi connectivity index (χ3n) is 6.33. The van der Waals surface area contributed by atoms with Gasteiger partial charge in [0.15, 0.2) is 5.71 Å². The Kier molecular flexibility index (Phi) is 8.23. The maximum Gasteiger partial charge on any atom is 0.212 e. The van der Waals surface area contributed by atoms with E-state index in [2.05, 4.69) is 106 Å². The van der Waals surface area contributed by atoms with Crippen LogP contribution in [0.15, 0.2) is 78.0 Å². The minimum Gasteiger partial charge on any atom is -0.195 e. The van der Waals surface area contributed by atoms with Gasteiger partial charge in [0.1, 0.15) is 6.54 Å². The van der Waals surface area contributed by atoms with Gasteiger partial charge in [0.25, 0.3) is 0 Å². The van der Waals surface area contributed by atoms with Crippen LogP contribution in [0.4, 0.5) is 0 Å². The molecule has 0 N–H and O–H groups in total. The van der Waals surface area contributed by atoms with Crippen LogP contribution in [-0.2, 0) is 0 Å². The van der Waals surface area contributed by atoms with Crippen LogP contribution < -0.4 is 0 Å². The van der Waals surface area contributed by atoms with Gasteiger partial charge in [-0.3, -0.25) is 0 Å².